The predicted octanol–water partition coefficient (Wildman–Crippen LogP) is 4.39. The molecule has 0 amide bonds. The van der Waals surface area contributed by atoms with E-state index in [4.69, 9.17) is 4.52 Å². The molecule has 0 spiro atoms. The van der Waals surface area contributed by atoms with Crippen LogP contribution in [0.1, 0.15) is 41.6 Å². The number of anilines is 2. The number of carbonyl (C=O) groups is 1. The average molecular weight is 405 g/mol. The predicted molar refractivity (Wildman–Crippen MR) is 121 cm³/mol. The van der Waals surface area contributed by atoms with Gasteiger partial charge in [-0.3, -0.25) is 4.79 Å². The van der Waals surface area contributed by atoms with Gasteiger partial charge in [-0.25, -0.2) is 0 Å². The lowest BCUT2D eigenvalue weighted by molar-refractivity contribution is 0.104. The summed E-state index contributed by atoms with van der Waals surface area (Å²) >= 11 is 0. The Hall–Kier alpha value is -2.86. The Morgan fingerprint density at radius 1 is 1.13 bits per heavy atom. The minimum absolute atomic E-state index is 0.0478. The molecule has 3 aromatic rings. The maximum absolute atomic E-state index is 13.5. The van der Waals surface area contributed by atoms with E-state index in [-0.39, 0.29) is 5.78 Å². The van der Waals surface area contributed by atoms with Crippen LogP contribution >= 0.6 is 0 Å². The molecule has 0 radical (unpaired) electrons. The van der Waals surface area contributed by atoms with Gasteiger partial charge in [-0.2, -0.15) is 0 Å². The zero-order valence-electron chi connectivity index (χ0n) is 17.7. The summed E-state index contributed by atoms with van der Waals surface area (Å²) in [4.78, 5) is 18.1. The van der Waals surface area contributed by atoms with Crippen molar-refractivity contribution in [3.63, 3.8) is 0 Å². The van der Waals surface area contributed by atoms with Crippen LogP contribution in [0.2, 0.25) is 0 Å². The molecule has 6 heteroatoms. The third-order valence-electron chi connectivity index (χ3n) is 6.17. The number of nitrogens with zero attached hydrogens (tertiary/aromatic N) is 3. The first kappa shape index (κ1) is 19.1. The third kappa shape index (κ3) is 3.16. The molecule has 0 unspecified atom stereocenters. The van der Waals surface area contributed by atoms with Crippen LogP contribution in [0, 0.1) is 0 Å². The first-order valence-corrected chi connectivity index (χ1v) is 10.9. The number of carbonyl (C=O) groups excluding carboxylic acids is 1. The van der Waals surface area contributed by atoms with Gasteiger partial charge in [0.15, 0.2) is 11.5 Å². The van der Waals surface area contributed by atoms with Gasteiger partial charge >= 0.3 is 0 Å². The highest BCUT2D eigenvalue weighted by atomic mass is 16.5. The van der Waals surface area contributed by atoms with E-state index < -0.39 is 0 Å². The number of aromatic nitrogens is 1. The van der Waals surface area contributed by atoms with Crippen molar-refractivity contribution < 1.29 is 9.32 Å². The van der Waals surface area contributed by atoms with Crippen LogP contribution in [0.5, 0.6) is 0 Å². The number of ketones is 1. The van der Waals surface area contributed by atoms with E-state index in [0.717, 1.165) is 60.4 Å². The summed E-state index contributed by atoms with van der Waals surface area (Å²) in [5, 5.41) is 8.87. The second-order valence-corrected chi connectivity index (χ2v) is 8.56. The summed E-state index contributed by atoms with van der Waals surface area (Å²) in [6.07, 6.45) is 4.64. The summed E-state index contributed by atoms with van der Waals surface area (Å²) in [6, 6.07) is 9.80. The van der Waals surface area contributed by atoms with Crippen molar-refractivity contribution >= 4 is 28.1 Å². The van der Waals surface area contributed by atoms with Gasteiger partial charge < -0.3 is 19.6 Å². The molecule has 0 atom stereocenters. The third-order valence-corrected chi connectivity index (χ3v) is 6.17. The summed E-state index contributed by atoms with van der Waals surface area (Å²) in [7, 11) is 4.16. The highest BCUT2D eigenvalue weighted by Crippen LogP contribution is 2.46. The van der Waals surface area contributed by atoms with Gasteiger partial charge in [0.1, 0.15) is 5.52 Å². The maximum Gasteiger partial charge on any atom is 0.196 e. The highest BCUT2D eigenvalue weighted by Gasteiger charge is 2.33. The molecule has 1 saturated heterocycles. The molecule has 1 aromatic heterocycles. The number of nitrogens with one attached hydrogen (secondary N) is 1. The molecule has 2 aromatic carbocycles. The smallest absolute Gasteiger partial charge is 0.196 e. The van der Waals surface area contributed by atoms with Crippen LogP contribution in [0.3, 0.4) is 0 Å². The van der Waals surface area contributed by atoms with E-state index in [1.807, 2.05) is 24.3 Å². The topological polar surface area (TPSA) is 61.6 Å². The Balaban J connectivity index is 1.65. The number of fused-ring (bicyclic) bond motifs is 2. The lowest BCUT2D eigenvalue weighted by Gasteiger charge is -2.30. The Morgan fingerprint density at radius 2 is 1.90 bits per heavy atom. The van der Waals surface area contributed by atoms with E-state index in [0.29, 0.717) is 16.9 Å². The summed E-state index contributed by atoms with van der Waals surface area (Å²) in [6.45, 7) is 3.84. The maximum atomic E-state index is 13.5. The molecule has 0 saturated carbocycles. The molecule has 156 valence electrons. The zero-order valence-corrected chi connectivity index (χ0v) is 17.7. The van der Waals surface area contributed by atoms with Crippen LogP contribution in [0.25, 0.3) is 22.2 Å². The van der Waals surface area contributed by atoms with Gasteiger partial charge in [0.25, 0.3) is 0 Å². The van der Waals surface area contributed by atoms with Gasteiger partial charge in [0.05, 0.1) is 16.6 Å². The summed E-state index contributed by atoms with van der Waals surface area (Å²) in [5.74, 6) is 0.761. The monoisotopic (exact) mass is 404 g/mol. The van der Waals surface area contributed by atoms with Gasteiger partial charge in [-0.05, 0) is 52.4 Å². The van der Waals surface area contributed by atoms with Crippen molar-refractivity contribution in [1.82, 2.24) is 10.1 Å². The molecule has 2 aliphatic rings. The highest BCUT2D eigenvalue weighted by molar-refractivity contribution is 6.28. The van der Waals surface area contributed by atoms with Gasteiger partial charge in [0, 0.05) is 36.4 Å². The van der Waals surface area contributed by atoms with Crippen LogP contribution in [-0.2, 0) is 0 Å². The molecule has 1 fully saturated rings. The lowest BCUT2D eigenvalue weighted by Crippen LogP contribution is -2.30. The zero-order chi connectivity index (χ0) is 20.7. The number of piperidine rings is 1. The SMILES string of the molecule is CN(C)CCCNc1cc(N2CCCCC2)c2noc3c2c1C(=O)c1ccccc1-3. The first-order chi connectivity index (χ1) is 14.6. The van der Waals surface area contributed by atoms with Gasteiger partial charge in [-0.1, -0.05) is 29.4 Å². The van der Waals surface area contributed by atoms with Crippen LogP contribution in [-0.4, -0.2) is 56.1 Å². The summed E-state index contributed by atoms with van der Waals surface area (Å²) < 4.78 is 5.85. The first-order valence-electron chi connectivity index (χ1n) is 10.9. The number of hydrogen-bond acceptors (Lipinski definition) is 6. The van der Waals surface area contributed by atoms with Crippen molar-refractivity contribution in [2.75, 3.05) is 50.5 Å². The number of hydrogen-bond donors (Lipinski definition) is 1. The average Bonchev–Trinajstić information content (AvgIpc) is 3.21. The summed E-state index contributed by atoms with van der Waals surface area (Å²) in [5.41, 5.74) is 5.00. The van der Waals surface area contributed by atoms with Crippen molar-refractivity contribution in [2.24, 2.45) is 0 Å². The Labute approximate surface area is 176 Å². The van der Waals surface area contributed by atoms with E-state index in [1.54, 1.807) is 0 Å². The molecule has 2 heterocycles. The van der Waals surface area contributed by atoms with Gasteiger partial charge in [0.2, 0.25) is 0 Å². The molecular weight excluding hydrogens is 376 g/mol. The molecule has 30 heavy (non-hydrogen) atoms. The molecule has 5 rings (SSSR count). The second kappa shape index (κ2) is 7.76. The minimum Gasteiger partial charge on any atom is -0.384 e. The normalized spacial score (nSPS) is 15.7. The van der Waals surface area contributed by atoms with E-state index in [9.17, 15) is 4.79 Å². The van der Waals surface area contributed by atoms with Crippen LogP contribution in [0.15, 0.2) is 34.9 Å². The second-order valence-electron chi connectivity index (χ2n) is 8.56. The van der Waals surface area contributed by atoms with E-state index in [1.165, 1.54) is 19.3 Å². The minimum atomic E-state index is 0.0478. The van der Waals surface area contributed by atoms with Crippen LogP contribution in [0.4, 0.5) is 11.4 Å². The Kier molecular flexibility index (Phi) is 4.95. The standard InChI is InChI=1S/C24H28N4O2/c1-27(2)12-8-11-25-18-15-19(28-13-6-3-7-14-28)22-21-20(18)23(29)16-9-4-5-10-17(16)24(21)30-26-22/h4-5,9-10,15,25H,3,6-8,11-14H2,1-2H3. The molecule has 1 aliphatic heterocycles. The fourth-order valence-corrected chi connectivity index (χ4v) is 4.68. The van der Waals surface area contributed by atoms with Crippen molar-refractivity contribution in [3.8, 4) is 11.3 Å². The van der Waals surface area contributed by atoms with Crippen molar-refractivity contribution in [2.45, 2.75) is 25.7 Å². The number of benzene rings is 2. The van der Waals surface area contributed by atoms with E-state index in [2.05, 4.69) is 40.4 Å². The van der Waals surface area contributed by atoms with E-state index >= 15 is 0 Å². The quantitative estimate of drug-likeness (QED) is 0.481. The molecular formula is C24H28N4O2. The Bertz CT molecular complexity index is 1100. The number of rotatable bonds is 6. The van der Waals surface area contributed by atoms with Crippen molar-refractivity contribution in [3.05, 3.63) is 41.5 Å². The Morgan fingerprint density at radius 3 is 2.67 bits per heavy atom. The largest absolute Gasteiger partial charge is 0.384 e. The van der Waals surface area contributed by atoms with Gasteiger partial charge in [-0.15, -0.1) is 0 Å². The molecule has 6 nitrogen and oxygen atoms in total. The fourth-order valence-electron chi connectivity index (χ4n) is 4.68. The molecule has 1 aliphatic carbocycles. The molecule has 1 N–H and O–H groups in total. The lowest BCUT2D eigenvalue weighted by atomic mass is 9.86. The van der Waals surface area contributed by atoms with Crippen molar-refractivity contribution in [1.29, 1.82) is 0 Å². The van der Waals surface area contributed by atoms with Crippen LogP contribution < -0.4 is 10.2 Å². The fraction of sp³-hybridized carbons (Fsp3) is 0.417. The molecule has 0 bridgehead atoms.